The van der Waals surface area contributed by atoms with Crippen LogP contribution in [-0.4, -0.2) is 34.5 Å². The van der Waals surface area contributed by atoms with E-state index in [-0.39, 0.29) is 24.0 Å². The lowest BCUT2D eigenvalue weighted by Gasteiger charge is -2.22. The molecule has 1 aromatic carbocycles. The van der Waals surface area contributed by atoms with Crippen LogP contribution in [0.4, 0.5) is 0 Å². The lowest BCUT2D eigenvalue weighted by atomic mass is 10.1. The predicted octanol–water partition coefficient (Wildman–Crippen LogP) is 3.66. The normalized spacial score (nSPS) is 13.0. The van der Waals surface area contributed by atoms with Gasteiger partial charge in [0.05, 0.1) is 24.0 Å². The Labute approximate surface area is 171 Å². The highest BCUT2D eigenvalue weighted by molar-refractivity contribution is 7.45. The molecule has 0 aliphatic heterocycles. The van der Waals surface area contributed by atoms with Crippen LogP contribution in [0.5, 0.6) is 11.5 Å². The predicted molar refractivity (Wildman–Crippen MR) is 109 cm³/mol. The molecule has 0 bridgehead atoms. The Morgan fingerprint density at radius 1 is 1.28 bits per heavy atom. The second kappa shape index (κ2) is 10.9. The van der Waals surface area contributed by atoms with Crippen molar-refractivity contribution < 1.29 is 28.5 Å². The molecule has 2 atom stereocenters. The Kier molecular flexibility index (Phi) is 8.51. The van der Waals surface area contributed by atoms with Crippen molar-refractivity contribution in [1.82, 2.24) is 10.1 Å². The molecule has 156 valence electrons. The molecule has 2 unspecified atom stereocenters. The molecule has 0 aliphatic rings. The minimum Gasteiger partial charge on any atom is -0.505 e. The zero-order valence-electron chi connectivity index (χ0n) is 16.8. The van der Waals surface area contributed by atoms with E-state index in [9.17, 15) is 14.7 Å². The smallest absolute Gasteiger partial charge is 0.323 e. The van der Waals surface area contributed by atoms with E-state index in [1.807, 2.05) is 18.2 Å². The largest absolute Gasteiger partial charge is 0.505 e. The van der Waals surface area contributed by atoms with Gasteiger partial charge in [-0.25, -0.2) is 5.09 Å². The highest BCUT2D eigenvalue weighted by Crippen LogP contribution is 2.38. The van der Waals surface area contributed by atoms with Gasteiger partial charge in [0.15, 0.2) is 6.29 Å². The second-order valence-corrected chi connectivity index (χ2v) is 7.73. The molecule has 9 heteroatoms. The van der Waals surface area contributed by atoms with E-state index in [0.717, 1.165) is 0 Å². The van der Waals surface area contributed by atoms with Gasteiger partial charge in [-0.1, -0.05) is 18.2 Å². The first-order chi connectivity index (χ1) is 13.8. The summed E-state index contributed by atoms with van der Waals surface area (Å²) in [4.78, 5) is 27.5. The molecule has 0 spiro atoms. The van der Waals surface area contributed by atoms with Gasteiger partial charge in [0.2, 0.25) is 0 Å². The summed E-state index contributed by atoms with van der Waals surface area (Å²) in [5, 5.41) is 13.0. The Balaban J connectivity index is 2.14. The third-order valence-electron chi connectivity index (χ3n) is 3.75. The van der Waals surface area contributed by atoms with Crippen molar-refractivity contribution in [3.05, 3.63) is 53.3 Å². The third-order valence-corrected chi connectivity index (χ3v) is 5.09. The number of para-hydroxylation sites is 1. The molecule has 0 radical (unpaired) electrons. The van der Waals surface area contributed by atoms with Crippen molar-refractivity contribution in [2.75, 3.05) is 0 Å². The molecular weight excluding hydrogens is 395 g/mol. The fraction of sp³-hybridized carbons (Fsp3) is 0.350. The number of pyridine rings is 1. The van der Waals surface area contributed by atoms with E-state index in [4.69, 9.17) is 13.8 Å². The van der Waals surface area contributed by atoms with Gasteiger partial charge in [-0.05, 0) is 39.8 Å². The first-order valence-electron chi connectivity index (χ1n) is 9.07. The molecule has 0 fully saturated rings. The summed E-state index contributed by atoms with van der Waals surface area (Å²) in [5.74, 6) is -0.0664. The van der Waals surface area contributed by atoms with Gasteiger partial charge in [-0.2, -0.15) is 0 Å². The molecule has 2 rings (SSSR count). The highest BCUT2D eigenvalue weighted by atomic mass is 31.2. The molecule has 0 saturated heterocycles. The van der Waals surface area contributed by atoms with Gasteiger partial charge in [0, 0.05) is 11.8 Å². The number of aldehydes is 1. The SMILES string of the molecule is Cc1ncc(COP(NC(C)C(=O)OC(C)C)Oc2ccccc2)c(C=O)c1O. The number of aromatic hydroxyl groups is 1. The molecule has 2 aromatic rings. The van der Waals surface area contributed by atoms with Gasteiger partial charge >= 0.3 is 14.5 Å². The van der Waals surface area contributed by atoms with Gasteiger partial charge in [-0.15, -0.1) is 0 Å². The zero-order chi connectivity index (χ0) is 21.4. The van der Waals surface area contributed by atoms with Crippen LogP contribution in [-0.2, 0) is 20.7 Å². The lowest BCUT2D eigenvalue weighted by molar-refractivity contribution is -0.149. The Morgan fingerprint density at radius 2 is 1.97 bits per heavy atom. The quantitative estimate of drug-likeness (QED) is 0.341. The fourth-order valence-electron chi connectivity index (χ4n) is 2.24. The van der Waals surface area contributed by atoms with E-state index < -0.39 is 20.5 Å². The molecule has 1 aromatic heterocycles. The molecule has 0 saturated carbocycles. The summed E-state index contributed by atoms with van der Waals surface area (Å²) in [6.45, 7) is 6.73. The van der Waals surface area contributed by atoms with E-state index in [2.05, 4.69) is 10.1 Å². The molecule has 0 amide bonds. The van der Waals surface area contributed by atoms with E-state index in [0.29, 0.717) is 23.3 Å². The molecular formula is C20H25N2O6P. The van der Waals surface area contributed by atoms with Crippen molar-refractivity contribution >= 4 is 20.8 Å². The number of hydrogen-bond acceptors (Lipinski definition) is 8. The monoisotopic (exact) mass is 420 g/mol. The van der Waals surface area contributed by atoms with Crippen LogP contribution in [0.1, 0.15) is 42.4 Å². The highest BCUT2D eigenvalue weighted by Gasteiger charge is 2.24. The summed E-state index contributed by atoms with van der Waals surface area (Å²) in [5.41, 5.74) is 0.868. The number of hydrogen-bond donors (Lipinski definition) is 2. The Hall–Kier alpha value is -2.54. The zero-order valence-corrected chi connectivity index (χ0v) is 17.7. The summed E-state index contributed by atoms with van der Waals surface area (Å²) in [6.07, 6.45) is 1.77. The van der Waals surface area contributed by atoms with Gasteiger partial charge < -0.3 is 18.9 Å². The summed E-state index contributed by atoms with van der Waals surface area (Å²) in [7, 11) is -1.77. The molecule has 8 nitrogen and oxygen atoms in total. The molecule has 0 aliphatic carbocycles. The fourth-order valence-corrected chi connectivity index (χ4v) is 3.41. The lowest BCUT2D eigenvalue weighted by Crippen LogP contribution is -2.34. The number of aryl methyl sites for hydroxylation is 1. The van der Waals surface area contributed by atoms with Gasteiger partial charge in [0.25, 0.3) is 0 Å². The number of nitrogens with zero attached hydrogens (tertiary/aromatic N) is 1. The van der Waals surface area contributed by atoms with Crippen LogP contribution in [0.3, 0.4) is 0 Å². The van der Waals surface area contributed by atoms with Crippen molar-refractivity contribution in [2.45, 2.75) is 46.4 Å². The van der Waals surface area contributed by atoms with Crippen LogP contribution in [0.25, 0.3) is 0 Å². The molecule has 29 heavy (non-hydrogen) atoms. The van der Waals surface area contributed by atoms with Crippen LogP contribution in [0.2, 0.25) is 0 Å². The van der Waals surface area contributed by atoms with Gasteiger partial charge in [-0.3, -0.25) is 14.6 Å². The van der Waals surface area contributed by atoms with E-state index in [1.54, 1.807) is 39.8 Å². The number of carbonyl (C=O) groups excluding carboxylic acids is 2. The summed E-state index contributed by atoms with van der Waals surface area (Å²) < 4.78 is 16.9. The Morgan fingerprint density at radius 3 is 2.59 bits per heavy atom. The number of esters is 1. The first kappa shape index (κ1) is 22.7. The van der Waals surface area contributed by atoms with Gasteiger partial charge in [0.1, 0.15) is 17.5 Å². The summed E-state index contributed by atoms with van der Waals surface area (Å²) >= 11 is 0. The van der Waals surface area contributed by atoms with Crippen LogP contribution >= 0.6 is 8.53 Å². The standard InChI is InChI=1S/C20H25N2O6P/c1-13(2)27-20(25)15(4)22-29(28-17-8-6-5-7-9-17)26-12-16-10-21-14(3)19(24)18(16)11-23/h5-11,13,15,22,24H,12H2,1-4H3. The van der Waals surface area contributed by atoms with Crippen molar-refractivity contribution in [1.29, 1.82) is 0 Å². The number of rotatable bonds is 10. The average molecular weight is 420 g/mol. The second-order valence-electron chi connectivity index (χ2n) is 6.52. The van der Waals surface area contributed by atoms with Crippen LogP contribution in [0, 0.1) is 6.92 Å². The van der Waals surface area contributed by atoms with Crippen molar-refractivity contribution in [2.24, 2.45) is 0 Å². The van der Waals surface area contributed by atoms with E-state index in [1.165, 1.54) is 6.20 Å². The third kappa shape index (κ3) is 6.78. The topological polar surface area (TPSA) is 107 Å². The van der Waals surface area contributed by atoms with Crippen LogP contribution in [0.15, 0.2) is 36.5 Å². The van der Waals surface area contributed by atoms with Crippen molar-refractivity contribution in [3.63, 3.8) is 0 Å². The average Bonchev–Trinajstić information content (AvgIpc) is 2.68. The maximum Gasteiger partial charge on any atom is 0.323 e. The number of carbonyl (C=O) groups is 2. The minimum atomic E-state index is -1.77. The maximum absolute atomic E-state index is 12.1. The first-order valence-corrected chi connectivity index (χ1v) is 10.2. The number of ether oxygens (including phenoxy) is 1. The Bertz CT molecular complexity index is 831. The minimum absolute atomic E-state index is 0.0492. The molecule has 1 heterocycles. The maximum atomic E-state index is 12.1. The summed E-state index contributed by atoms with van der Waals surface area (Å²) in [6, 6.07) is 8.31. The van der Waals surface area contributed by atoms with Crippen LogP contribution < -0.4 is 9.61 Å². The number of aromatic nitrogens is 1. The van der Waals surface area contributed by atoms with Crippen molar-refractivity contribution in [3.8, 4) is 11.5 Å². The van der Waals surface area contributed by atoms with E-state index >= 15 is 0 Å². The number of nitrogens with one attached hydrogen (secondary N) is 1. The number of benzene rings is 1. The molecule has 2 N–H and O–H groups in total.